The number of carbonyl (C=O) groups excluding carboxylic acids is 1. The zero-order valence-electron chi connectivity index (χ0n) is 13.9. The van der Waals surface area contributed by atoms with E-state index in [0.717, 1.165) is 24.4 Å². The van der Waals surface area contributed by atoms with Crippen LogP contribution in [0, 0.1) is 0 Å². The zero-order valence-corrected chi connectivity index (χ0v) is 13.9. The van der Waals surface area contributed by atoms with Crippen molar-refractivity contribution >= 4 is 5.91 Å². The fourth-order valence-electron chi connectivity index (χ4n) is 3.22. The number of aromatic nitrogens is 3. The first-order chi connectivity index (χ1) is 11.7. The van der Waals surface area contributed by atoms with Crippen LogP contribution >= 0.6 is 0 Å². The Bertz CT molecular complexity index is 721. The third-order valence-electron chi connectivity index (χ3n) is 4.76. The van der Waals surface area contributed by atoms with E-state index in [0.29, 0.717) is 24.6 Å². The smallest absolute Gasteiger partial charge is 0.253 e. The molecule has 1 aromatic carbocycles. The average Bonchev–Trinajstić information content (AvgIpc) is 3.13. The molecule has 2 aliphatic rings. The van der Waals surface area contributed by atoms with E-state index in [-0.39, 0.29) is 11.9 Å². The molecule has 126 valence electrons. The van der Waals surface area contributed by atoms with Crippen molar-refractivity contribution in [2.24, 2.45) is 0 Å². The first kappa shape index (κ1) is 15.2. The highest BCUT2D eigenvalue weighted by Gasteiger charge is 2.31. The molecular weight excluding hydrogens is 304 g/mol. The predicted molar refractivity (Wildman–Crippen MR) is 89.2 cm³/mol. The molecule has 2 heterocycles. The van der Waals surface area contributed by atoms with Crippen molar-refractivity contribution < 1.29 is 9.53 Å². The van der Waals surface area contributed by atoms with Gasteiger partial charge in [0.25, 0.3) is 5.91 Å². The Hall–Kier alpha value is -2.37. The van der Waals surface area contributed by atoms with Crippen LogP contribution in [-0.4, -0.2) is 45.5 Å². The van der Waals surface area contributed by atoms with E-state index in [1.807, 2.05) is 40.8 Å². The summed E-state index contributed by atoms with van der Waals surface area (Å²) in [5.74, 6) is 1.48. The molecule has 1 aliphatic heterocycles. The van der Waals surface area contributed by atoms with Gasteiger partial charge in [0.05, 0.1) is 18.3 Å². The lowest BCUT2D eigenvalue weighted by Crippen LogP contribution is -2.29. The van der Waals surface area contributed by atoms with Gasteiger partial charge in [-0.25, -0.2) is 4.68 Å². The van der Waals surface area contributed by atoms with Crippen molar-refractivity contribution in [3.63, 3.8) is 0 Å². The molecule has 1 saturated carbocycles. The molecule has 6 heteroatoms. The van der Waals surface area contributed by atoms with E-state index in [1.54, 1.807) is 0 Å². The van der Waals surface area contributed by atoms with Gasteiger partial charge in [0.2, 0.25) is 0 Å². The van der Waals surface area contributed by atoms with Crippen molar-refractivity contribution in [1.29, 1.82) is 0 Å². The molecule has 1 unspecified atom stereocenters. The van der Waals surface area contributed by atoms with Crippen LogP contribution in [0.5, 0.6) is 5.75 Å². The van der Waals surface area contributed by atoms with Gasteiger partial charge in [-0.1, -0.05) is 5.21 Å². The first-order valence-corrected chi connectivity index (χ1v) is 8.68. The van der Waals surface area contributed by atoms with Gasteiger partial charge in [-0.15, -0.1) is 5.10 Å². The van der Waals surface area contributed by atoms with E-state index in [9.17, 15) is 4.79 Å². The van der Waals surface area contributed by atoms with Gasteiger partial charge in [-0.05, 0) is 50.5 Å². The van der Waals surface area contributed by atoms with Gasteiger partial charge in [0.1, 0.15) is 5.75 Å². The van der Waals surface area contributed by atoms with Crippen molar-refractivity contribution in [2.45, 2.75) is 38.1 Å². The van der Waals surface area contributed by atoms with Crippen LogP contribution in [0.15, 0.2) is 30.5 Å². The summed E-state index contributed by atoms with van der Waals surface area (Å²) in [5, 5.41) is 8.54. The lowest BCUT2D eigenvalue weighted by Gasteiger charge is -2.16. The maximum atomic E-state index is 12.7. The highest BCUT2D eigenvalue weighted by molar-refractivity contribution is 5.94. The van der Waals surface area contributed by atoms with Crippen molar-refractivity contribution in [3.8, 4) is 5.75 Å². The van der Waals surface area contributed by atoms with Crippen LogP contribution in [-0.2, 0) is 0 Å². The van der Waals surface area contributed by atoms with Crippen molar-refractivity contribution in [2.75, 3.05) is 19.7 Å². The van der Waals surface area contributed by atoms with Gasteiger partial charge in [0, 0.05) is 30.8 Å². The largest absolute Gasteiger partial charge is 0.494 e. The molecule has 0 N–H and O–H groups in total. The summed E-state index contributed by atoms with van der Waals surface area (Å²) in [6.45, 7) is 4.03. The van der Waals surface area contributed by atoms with E-state index in [4.69, 9.17) is 4.74 Å². The van der Waals surface area contributed by atoms with E-state index >= 15 is 0 Å². The second-order valence-corrected chi connectivity index (χ2v) is 6.55. The Kier molecular flexibility index (Phi) is 3.96. The number of hydrogen-bond donors (Lipinski definition) is 0. The van der Waals surface area contributed by atoms with Crippen LogP contribution in [0.4, 0.5) is 0 Å². The molecule has 4 rings (SSSR count). The summed E-state index contributed by atoms with van der Waals surface area (Å²) in [4.78, 5) is 14.6. The Labute approximate surface area is 141 Å². The zero-order chi connectivity index (χ0) is 16.5. The monoisotopic (exact) mass is 326 g/mol. The predicted octanol–water partition coefficient (Wildman–Crippen LogP) is 2.64. The molecule has 2 aromatic rings. The Morgan fingerprint density at radius 3 is 2.75 bits per heavy atom. The Balaban J connectivity index is 1.40. The quantitative estimate of drug-likeness (QED) is 0.847. The normalized spacial score (nSPS) is 20.4. The van der Waals surface area contributed by atoms with Crippen molar-refractivity contribution in [1.82, 2.24) is 19.9 Å². The molecule has 2 fully saturated rings. The average molecular weight is 326 g/mol. The third kappa shape index (κ3) is 3.00. The van der Waals surface area contributed by atoms with Gasteiger partial charge in [-0.2, -0.15) is 0 Å². The summed E-state index contributed by atoms with van der Waals surface area (Å²) in [6.07, 6.45) is 5.45. The van der Waals surface area contributed by atoms with Gasteiger partial charge in [-0.3, -0.25) is 4.79 Å². The number of hydrogen-bond acceptors (Lipinski definition) is 4. The maximum Gasteiger partial charge on any atom is 0.253 e. The lowest BCUT2D eigenvalue weighted by molar-refractivity contribution is 0.0787. The van der Waals surface area contributed by atoms with Gasteiger partial charge in [0.15, 0.2) is 0 Å². The molecule has 0 spiro atoms. The number of ether oxygens (including phenoxy) is 1. The molecule has 1 aliphatic carbocycles. The second-order valence-electron chi connectivity index (χ2n) is 6.55. The lowest BCUT2D eigenvalue weighted by atomic mass is 10.2. The van der Waals surface area contributed by atoms with Gasteiger partial charge >= 0.3 is 0 Å². The highest BCUT2D eigenvalue weighted by atomic mass is 16.5. The molecule has 1 aromatic heterocycles. The maximum absolute atomic E-state index is 12.7. The molecule has 6 nitrogen and oxygen atoms in total. The summed E-state index contributed by atoms with van der Waals surface area (Å²) in [5.41, 5.74) is 1.81. The Morgan fingerprint density at radius 1 is 1.25 bits per heavy atom. The summed E-state index contributed by atoms with van der Waals surface area (Å²) in [6, 6.07) is 7.60. The van der Waals surface area contributed by atoms with Crippen LogP contribution in [0.2, 0.25) is 0 Å². The van der Waals surface area contributed by atoms with E-state index < -0.39 is 0 Å². The van der Waals surface area contributed by atoms with Crippen molar-refractivity contribution in [3.05, 3.63) is 41.7 Å². The summed E-state index contributed by atoms with van der Waals surface area (Å²) in [7, 11) is 0. The number of benzene rings is 1. The minimum absolute atomic E-state index is 0.0723. The van der Waals surface area contributed by atoms with Crippen LogP contribution in [0.25, 0.3) is 0 Å². The molecule has 1 amide bonds. The molecule has 0 bridgehead atoms. The van der Waals surface area contributed by atoms with E-state index in [2.05, 4.69) is 16.5 Å². The van der Waals surface area contributed by atoms with Gasteiger partial charge < -0.3 is 9.64 Å². The fraction of sp³-hybridized carbons (Fsp3) is 0.500. The molecule has 0 radical (unpaired) electrons. The first-order valence-electron chi connectivity index (χ1n) is 8.68. The van der Waals surface area contributed by atoms with E-state index in [1.165, 1.54) is 12.8 Å². The number of carbonyl (C=O) groups is 1. The standard InChI is InChI=1S/C18H22N4O2/c1-2-24-16-7-5-14(6-8-16)18(23)21-10-9-15(11-21)22-12-17(19-20-22)13-3-4-13/h5-8,12-13,15H,2-4,9-11H2,1H3. The topological polar surface area (TPSA) is 60.2 Å². The number of likely N-dealkylation sites (tertiary alicyclic amines) is 1. The molecule has 1 atom stereocenters. The van der Waals surface area contributed by atoms with Crippen LogP contribution < -0.4 is 4.74 Å². The second kappa shape index (κ2) is 6.26. The minimum Gasteiger partial charge on any atom is -0.494 e. The number of rotatable bonds is 5. The van der Waals surface area contributed by atoms with Crippen LogP contribution in [0.1, 0.15) is 54.2 Å². The molecule has 1 saturated heterocycles. The number of amides is 1. The summed E-state index contributed by atoms with van der Waals surface area (Å²) < 4.78 is 7.37. The Morgan fingerprint density at radius 2 is 2.04 bits per heavy atom. The molecule has 24 heavy (non-hydrogen) atoms. The molecular formula is C18H22N4O2. The SMILES string of the molecule is CCOc1ccc(C(=O)N2CCC(n3cc(C4CC4)nn3)C2)cc1. The highest BCUT2D eigenvalue weighted by Crippen LogP contribution is 2.39. The third-order valence-corrected chi connectivity index (χ3v) is 4.76. The summed E-state index contributed by atoms with van der Waals surface area (Å²) >= 11 is 0. The minimum atomic E-state index is 0.0723. The number of nitrogens with zero attached hydrogens (tertiary/aromatic N) is 4. The fourth-order valence-corrected chi connectivity index (χ4v) is 3.22. The van der Waals surface area contributed by atoms with Crippen LogP contribution in [0.3, 0.4) is 0 Å².